The number of hydrogen-bond acceptors (Lipinski definition) is 4. The van der Waals surface area contributed by atoms with Crippen LogP contribution in [0.5, 0.6) is 5.75 Å². The summed E-state index contributed by atoms with van der Waals surface area (Å²) in [4.78, 5) is 0. The van der Waals surface area contributed by atoms with Crippen molar-refractivity contribution in [3.05, 3.63) is 28.8 Å². The van der Waals surface area contributed by atoms with Crippen molar-refractivity contribution in [1.29, 1.82) is 0 Å². The minimum atomic E-state index is -4.32. The number of nitrogens with zero attached hydrogens (tertiary/aromatic N) is 1. The Labute approximate surface area is 180 Å². The molecule has 5 atom stereocenters. The maximum Gasteiger partial charge on any atom is 0.335 e. The predicted molar refractivity (Wildman–Crippen MR) is 116 cm³/mol. The number of aryl methyl sites for hydroxylation is 1. The Balaban J connectivity index is 1.63. The van der Waals surface area contributed by atoms with Gasteiger partial charge in [0.05, 0.1) is 6.10 Å². The highest BCUT2D eigenvalue weighted by Crippen LogP contribution is 2.61. The molecule has 4 rings (SSSR count). The number of phenols is 1. The molecule has 3 aliphatic carbocycles. The van der Waals surface area contributed by atoms with Gasteiger partial charge < -0.3 is 9.84 Å². The zero-order valence-corrected chi connectivity index (χ0v) is 19.1. The van der Waals surface area contributed by atoms with E-state index < -0.39 is 16.4 Å². The van der Waals surface area contributed by atoms with E-state index in [0.29, 0.717) is 22.8 Å². The zero-order chi connectivity index (χ0) is 21.7. The number of methoxy groups -OCH3 is 1. The highest BCUT2D eigenvalue weighted by molar-refractivity contribution is 7.83. The summed E-state index contributed by atoms with van der Waals surface area (Å²) < 4.78 is 39.1. The van der Waals surface area contributed by atoms with E-state index in [1.165, 1.54) is 56.8 Å². The summed E-state index contributed by atoms with van der Waals surface area (Å²) in [6.07, 6.45) is 8.03. The van der Waals surface area contributed by atoms with Crippen LogP contribution in [-0.2, 0) is 21.5 Å². The second kappa shape index (κ2) is 8.08. The number of aromatic hydroxyl groups is 1. The molecule has 0 aromatic heterocycles. The van der Waals surface area contributed by atoms with Crippen molar-refractivity contribution in [2.24, 2.45) is 17.3 Å². The molecular formula is C23H35NO5S. The third kappa shape index (κ3) is 3.78. The van der Waals surface area contributed by atoms with Gasteiger partial charge in [-0.05, 0) is 85.0 Å². The van der Waals surface area contributed by atoms with Crippen molar-refractivity contribution >= 4 is 10.3 Å². The maximum absolute atomic E-state index is 11.6. The minimum Gasteiger partial charge on any atom is -0.508 e. The molecule has 3 aliphatic rings. The van der Waals surface area contributed by atoms with Crippen LogP contribution in [0.25, 0.3) is 0 Å². The van der Waals surface area contributed by atoms with Gasteiger partial charge in [-0.3, -0.25) is 4.55 Å². The van der Waals surface area contributed by atoms with E-state index in [2.05, 4.69) is 6.92 Å². The van der Waals surface area contributed by atoms with Crippen molar-refractivity contribution in [2.45, 2.75) is 70.8 Å². The highest BCUT2D eigenvalue weighted by Gasteiger charge is 2.50. The molecule has 0 heterocycles. The van der Waals surface area contributed by atoms with Gasteiger partial charge in [-0.15, -0.1) is 0 Å². The number of rotatable bonds is 6. The smallest absolute Gasteiger partial charge is 0.335 e. The van der Waals surface area contributed by atoms with E-state index in [-0.39, 0.29) is 18.8 Å². The number of ether oxygens (including phenoxy) is 1. The third-order valence-electron chi connectivity index (χ3n) is 8.33. The van der Waals surface area contributed by atoms with Gasteiger partial charge in [0, 0.05) is 25.8 Å². The van der Waals surface area contributed by atoms with Crippen LogP contribution in [0, 0.1) is 17.3 Å². The topological polar surface area (TPSA) is 87.1 Å². The van der Waals surface area contributed by atoms with Gasteiger partial charge in [-0.25, -0.2) is 0 Å². The van der Waals surface area contributed by atoms with E-state index in [1.807, 2.05) is 12.1 Å². The fourth-order valence-corrected chi connectivity index (χ4v) is 7.40. The first-order valence-corrected chi connectivity index (χ1v) is 12.7. The first kappa shape index (κ1) is 22.1. The second-order valence-electron chi connectivity index (χ2n) is 9.76. The van der Waals surface area contributed by atoms with Crippen LogP contribution in [0.3, 0.4) is 0 Å². The molecule has 2 fully saturated rings. The van der Waals surface area contributed by atoms with Crippen LogP contribution in [0.2, 0.25) is 0 Å². The monoisotopic (exact) mass is 437 g/mol. The van der Waals surface area contributed by atoms with Gasteiger partial charge in [0.1, 0.15) is 5.75 Å². The number of fused-ring (bicyclic) bond motifs is 5. The molecule has 2 N–H and O–H groups in total. The molecule has 4 unspecified atom stereocenters. The van der Waals surface area contributed by atoms with E-state index in [9.17, 15) is 18.1 Å². The lowest BCUT2D eigenvalue weighted by Crippen LogP contribution is -2.39. The Morgan fingerprint density at radius 2 is 2.03 bits per heavy atom. The molecule has 0 saturated heterocycles. The summed E-state index contributed by atoms with van der Waals surface area (Å²) in [5.41, 5.74) is 3.63. The Morgan fingerprint density at radius 3 is 2.70 bits per heavy atom. The Hall–Kier alpha value is -1.15. The first-order chi connectivity index (χ1) is 14.2. The number of hydrogen-bond donors (Lipinski definition) is 2. The van der Waals surface area contributed by atoms with Gasteiger partial charge >= 0.3 is 10.3 Å². The molecule has 0 radical (unpaired) electrons. The summed E-state index contributed by atoms with van der Waals surface area (Å²) in [5.74, 6) is 2.17. The molecule has 6 nitrogen and oxygen atoms in total. The van der Waals surface area contributed by atoms with Crippen molar-refractivity contribution in [2.75, 3.05) is 20.2 Å². The Morgan fingerprint density at radius 1 is 1.27 bits per heavy atom. The number of likely N-dealkylation sites (N-methyl/N-ethyl adjacent to an activating group) is 1. The molecule has 0 spiro atoms. The summed E-state index contributed by atoms with van der Waals surface area (Å²) in [7, 11) is -2.82. The zero-order valence-electron chi connectivity index (χ0n) is 18.3. The van der Waals surface area contributed by atoms with Crippen molar-refractivity contribution in [3.63, 3.8) is 0 Å². The van der Waals surface area contributed by atoms with Crippen molar-refractivity contribution in [1.82, 2.24) is 4.31 Å². The maximum atomic E-state index is 11.6. The van der Waals surface area contributed by atoms with Crippen LogP contribution in [0.15, 0.2) is 12.1 Å². The van der Waals surface area contributed by atoms with Crippen LogP contribution < -0.4 is 0 Å². The normalized spacial score (nSPS) is 31.8. The summed E-state index contributed by atoms with van der Waals surface area (Å²) in [6, 6.07) is 3.92. The third-order valence-corrected chi connectivity index (χ3v) is 9.39. The van der Waals surface area contributed by atoms with Crippen LogP contribution in [-0.4, -0.2) is 42.6 Å². The van der Waals surface area contributed by atoms with Gasteiger partial charge in [-0.2, -0.15) is 12.7 Å². The standard InChI is InChI=1S/C23H35NO5S/c1-4-24(30(26,27)28)14-22(29-3)19-12-15-7-8-17-16(18(15)13-21(19)25)9-11-23(2)10-5-6-20(17)23/h12-13,16-17,20,22,25H,4-11,14H2,1-3H3,(H,26,27,28)/t16?,17?,20?,22?,23-/m0/s1. The average molecular weight is 438 g/mol. The molecule has 168 valence electrons. The molecule has 1 aromatic rings. The lowest BCUT2D eigenvalue weighted by molar-refractivity contribution is 0.0593. The van der Waals surface area contributed by atoms with Gasteiger partial charge in [0.25, 0.3) is 0 Å². The van der Waals surface area contributed by atoms with Gasteiger partial charge in [-0.1, -0.05) is 20.3 Å². The Kier molecular flexibility index (Phi) is 5.94. The first-order valence-electron chi connectivity index (χ1n) is 11.3. The van der Waals surface area contributed by atoms with Crippen molar-refractivity contribution in [3.8, 4) is 5.75 Å². The van der Waals surface area contributed by atoms with E-state index in [4.69, 9.17) is 4.74 Å². The molecule has 1 aromatic carbocycles. The number of benzene rings is 1. The molecule has 30 heavy (non-hydrogen) atoms. The molecule has 2 saturated carbocycles. The molecule has 0 bridgehead atoms. The minimum absolute atomic E-state index is 0.0370. The van der Waals surface area contributed by atoms with Crippen LogP contribution >= 0.6 is 0 Å². The van der Waals surface area contributed by atoms with E-state index >= 15 is 0 Å². The Bertz CT molecular complexity index is 901. The number of phenolic OH excluding ortho intramolecular Hbond substituents is 1. The van der Waals surface area contributed by atoms with Crippen LogP contribution in [0.1, 0.15) is 81.1 Å². The van der Waals surface area contributed by atoms with E-state index in [0.717, 1.165) is 16.6 Å². The fourth-order valence-electron chi connectivity index (χ4n) is 6.75. The molecular weight excluding hydrogens is 402 g/mol. The fraction of sp³-hybridized carbons (Fsp3) is 0.739. The summed E-state index contributed by atoms with van der Waals surface area (Å²) in [6.45, 7) is 4.24. The molecule has 7 heteroatoms. The highest BCUT2D eigenvalue weighted by atomic mass is 32.2. The van der Waals surface area contributed by atoms with Gasteiger partial charge in [0.15, 0.2) is 0 Å². The van der Waals surface area contributed by atoms with E-state index in [1.54, 1.807) is 6.92 Å². The lowest BCUT2D eigenvalue weighted by atomic mass is 9.56. The lowest BCUT2D eigenvalue weighted by Gasteiger charge is -2.49. The summed E-state index contributed by atoms with van der Waals surface area (Å²) in [5, 5.41) is 10.9. The molecule has 0 amide bonds. The van der Waals surface area contributed by atoms with Crippen molar-refractivity contribution < 1.29 is 22.8 Å². The SMILES string of the molecule is CCN(CC(OC)c1cc2c(cc1O)C1CC[C@]3(C)CCCC3C1CC2)S(=O)(=O)O. The van der Waals surface area contributed by atoms with Gasteiger partial charge in [0.2, 0.25) is 0 Å². The largest absolute Gasteiger partial charge is 0.508 e. The summed E-state index contributed by atoms with van der Waals surface area (Å²) >= 11 is 0. The quantitative estimate of drug-likeness (QED) is 0.642. The second-order valence-corrected chi connectivity index (χ2v) is 11.2. The predicted octanol–water partition coefficient (Wildman–Crippen LogP) is 4.45. The average Bonchev–Trinajstić information content (AvgIpc) is 3.09. The molecule has 0 aliphatic heterocycles. The van der Waals surface area contributed by atoms with Crippen LogP contribution in [0.4, 0.5) is 0 Å².